The van der Waals surface area contributed by atoms with Crippen molar-refractivity contribution in [1.29, 1.82) is 0 Å². The Hall–Kier alpha value is -2.09. The maximum atomic E-state index is 13.0. The highest BCUT2D eigenvalue weighted by Crippen LogP contribution is 2.44. The van der Waals surface area contributed by atoms with Crippen LogP contribution in [0, 0.1) is 29.6 Å². The van der Waals surface area contributed by atoms with E-state index in [1.54, 1.807) is 28.7 Å². The Morgan fingerprint density at radius 3 is 2.80 bits per heavy atom. The summed E-state index contributed by atoms with van der Waals surface area (Å²) in [6.07, 6.45) is 7.51. The van der Waals surface area contributed by atoms with Gasteiger partial charge in [-0.25, -0.2) is 0 Å². The number of Topliss-reactive ketones (excluding diaryl/α,β-unsaturated/α-hetero) is 1. The van der Waals surface area contributed by atoms with Crippen molar-refractivity contribution in [2.24, 2.45) is 17.8 Å². The fourth-order valence-electron chi connectivity index (χ4n) is 3.76. The van der Waals surface area contributed by atoms with Crippen molar-refractivity contribution in [2.75, 3.05) is 0 Å². The summed E-state index contributed by atoms with van der Waals surface area (Å²) >= 11 is 3.24. The number of fused-ring (bicyclic) bond motifs is 1. The van der Waals surface area contributed by atoms with E-state index in [1.165, 1.54) is 0 Å². The van der Waals surface area contributed by atoms with Crippen molar-refractivity contribution in [2.45, 2.75) is 19.8 Å². The molecule has 2 aliphatic carbocycles. The normalized spacial score (nSPS) is 24.4. The van der Waals surface area contributed by atoms with Gasteiger partial charge in [0.2, 0.25) is 0 Å². The van der Waals surface area contributed by atoms with Gasteiger partial charge in [0, 0.05) is 15.7 Å². The summed E-state index contributed by atoms with van der Waals surface area (Å²) in [5.74, 6) is 7.12. The van der Waals surface area contributed by atoms with Gasteiger partial charge in [0.05, 0.1) is 9.75 Å². The van der Waals surface area contributed by atoms with E-state index in [0.29, 0.717) is 11.7 Å². The predicted molar refractivity (Wildman–Crippen MR) is 104 cm³/mol. The van der Waals surface area contributed by atoms with E-state index in [1.807, 2.05) is 37.3 Å². The molecule has 2 aromatic heterocycles. The van der Waals surface area contributed by atoms with Crippen LogP contribution >= 0.6 is 22.7 Å². The molecule has 3 atom stereocenters. The smallest absolute Gasteiger partial charge is 0.176 e. The van der Waals surface area contributed by atoms with Gasteiger partial charge in [0.25, 0.3) is 0 Å². The summed E-state index contributed by atoms with van der Waals surface area (Å²) in [5.41, 5.74) is 0. The first-order chi connectivity index (χ1) is 12.2. The van der Waals surface area contributed by atoms with Crippen molar-refractivity contribution < 1.29 is 9.90 Å². The van der Waals surface area contributed by atoms with Gasteiger partial charge in [0.15, 0.2) is 5.78 Å². The second-order valence-electron chi connectivity index (χ2n) is 6.44. The summed E-state index contributed by atoms with van der Waals surface area (Å²) in [5, 5.41) is 9.65. The second kappa shape index (κ2) is 6.67. The number of rotatable bonds is 3. The molecule has 4 heteroatoms. The summed E-state index contributed by atoms with van der Waals surface area (Å²) in [7, 11) is 0. The molecule has 0 saturated heterocycles. The molecule has 0 spiro atoms. The molecule has 0 aromatic carbocycles. The monoisotopic (exact) mass is 366 g/mol. The van der Waals surface area contributed by atoms with Gasteiger partial charge in [-0.2, -0.15) is 0 Å². The van der Waals surface area contributed by atoms with Gasteiger partial charge in [-0.1, -0.05) is 12.0 Å². The molecule has 1 N–H and O–H groups in total. The molecular formula is C21H18O2S2. The zero-order valence-electron chi connectivity index (χ0n) is 13.9. The van der Waals surface area contributed by atoms with Gasteiger partial charge >= 0.3 is 0 Å². The largest absolute Gasteiger partial charge is 0.508 e. The number of carbonyl (C=O) groups excluding carboxylic acids is 1. The van der Waals surface area contributed by atoms with Crippen LogP contribution in [-0.2, 0) is 0 Å². The van der Waals surface area contributed by atoms with Crippen LogP contribution in [0.15, 0.2) is 48.3 Å². The molecular weight excluding hydrogens is 348 g/mol. The van der Waals surface area contributed by atoms with Crippen LogP contribution in [0.1, 0.15) is 34.3 Å². The van der Waals surface area contributed by atoms with Crippen LogP contribution in [-0.4, -0.2) is 10.9 Å². The van der Waals surface area contributed by atoms with Crippen LogP contribution < -0.4 is 0 Å². The van der Waals surface area contributed by atoms with E-state index in [9.17, 15) is 9.90 Å². The quantitative estimate of drug-likeness (QED) is 0.560. The molecule has 0 radical (unpaired) electrons. The zero-order valence-corrected chi connectivity index (χ0v) is 15.5. The second-order valence-corrected chi connectivity index (χ2v) is 8.61. The van der Waals surface area contributed by atoms with Crippen molar-refractivity contribution in [3.8, 4) is 21.6 Å². The lowest BCUT2D eigenvalue weighted by atomic mass is 9.83. The van der Waals surface area contributed by atoms with Crippen LogP contribution in [0.4, 0.5) is 0 Å². The fourth-order valence-corrected chi connectivity index (χ4v) is 5.77. The van der Waals surface area contributed by atoms with Crippen molar-refractivity contribution in [3.05, 3.63) is 58.0 Å². The molecule has 2 heterocycles. The van der Waals surface area contributed by atoms with Crippen LogP contribution in [0.2, 0.25) is 0 Å². The van der Waals surface area contributed by atoms with Crippen molar-refractivity contribution in [3.63, 3.8) is 0 Å². The maximum Gasteiger partial charge on any atom is 0.176 e. The van der Waals surface area contributed by atoms with Gasteiger partial charge in [-0.05, 0) is 68.0 Å². The molecule has 0 aliphatic heterocycles. The molecule has 3 unspecified atom stereocenters. The minimum absolute atomic E-state index is 0.0296. The Morgan fingerprint density at radius 1 is 1.16 bits per heavy atom. The average molecular weight is 367 g/mol. The van der Waals surface area contributed by atoms with Crippen molar-refractivity contribution in [1.82, 2.24) is 0 Å². The third kappa shape index (κ3) is 3.10. The van der Waals surface area contributed by atoms with E-state index in [-0.39, 0.29) is 17.6 Å². The Morgan fingerprint density at radius 2 is 1.96 bits per heavy atom. The first kappa shape index (κ1) is 16.4. The number of aliphatic hydroxyl groups excluding tert-OH is 1. The molecule has 0 bridgehead atoms. The third-order valence-electron chi connectivity index (χ3n) is 4.93. The SMILES string of the molecule is CC#Cc1ccc(-c2ccc(C(=O)C3CCC4C=C(O)C=CC43)s2)s1. The Bertz CT molecular complexity index is 932. The summed E-state index contributed by atoms with van der Waals surface area (Å²) in [6.45, 7) is 1.84. The van der Waals surface area contributed by atoms with E-state index in [0.717, 1.165) is 32.4 Å². The lowest BCUT2D eigenvalue weighted by Gasteiger charge is -2.21. The number of aliphatic hydroxyl groups is 1. The molecule has 126 valence electrons. The number of hydrogen-bond donors (Lipinski definition) is 1. The fraction of sp³-hybridized carbons (Fsp3) is 0.286. The average Bonchev–Trinajstić information content (AvgIpc) is 3.33. The number of allylic oxidation sites excluding steroid dienone is 3. The van der Waals surface area contributed by atoms with Gasteiger partial charge < -0.3 is 5.11 Å². The first-order valence-electron chi connectivity index (χ1n) is 8.41. The Kier molecular flexibility index (Phi) is 4.37. The zero-order chi connectivity index (χ0) is 17.4. The molecule has 2 aromatic rings. The van der Waals surface area contributed by atoms with Crippen LogP contribution in [0.5, 0.6) is 0 Å². The minimum atomic E-state index is 0.0296. The van der Waals surface area contributed by atoms with Crippen LogP contribution in [0.3, 0.4) is 0 Å². The summed E-state index contributed by atoms with van der Waals surface area (Å²) < 4.78 is 0. The summed E-state index contributed by atoms with van der Waals surface area (Å²) in [4.78, 5) is 17.2. The standard InChI is InChI=1S/C21H18O2S2/c1-2-3-15-6-9-18(24-15)19-10-11-20(25-19)21(23)17-7-4-13-12-14(22)5-8-16(13)17/h5-6,8-13,16-17,22H,4,7H2,1H3. The molecule has 1 saturated carbocycles. The van der Waals surface area contributed by atoms with Gasteiger partial charge in [-0.3, -0.25) is 4.79 Å². The van der Waals surface area contributed by atoms with Gasteiger partial charge in [0.1, 0.15) is 5.76 Å². The topological polar surface area (TPSA) is 37.3 Å². The lowest BCUT2D eigenvalue weighted by molar-refractivity contribution is 0.0904. The highest BCUT2D eigenvalue weighted by molar-refractivity contribution is 7.23. The van der Waals surface area contributed by atoms with E-state index in [4.69, 9.17) is 0 Å². The third-order valence-corrected chi connectivity index (χ3v) is 7.22. The number of ketones is 1. The highest BCUT2D eigenvalue weighted by Gasteiger charge is 2.39. The number of carbonyl (C=O) groups is 1. The van der Waals surface area contributed by atoms with E-state index < -0.39 is 0 Å². The molecule has 0 amide bonds. The lowest BCUT2D eigenvalue weighted by Crippen LogP contribution is -2.21. The number of hydrogen-bond acceptors (Lipinski definition) is 4. The number of thiophene rings is 2. The Labute approximate surface area is 155 Å². The van der Waals surface area contributed by atoms with Crippen molar-refractivity contribution >= 4 is 28.5 Å². The van der Waals surface area contributed by atoms with Gasteiger partial charge in [-0.15, -0.1) is 28.6 Å². The summed E-state index contributed by atoms with van der Waals surface area (Å²) in [6, 6.07) is 8.11. The van der Waals surface area contributed by atoms with E-state index >= 15 is 0 Å². The predicted octanol–water partition coefficient (Wildman–Crippen LogP) is 5.68. The highest BCUT2D eigenvalue weighted by atomic mass is 32.1. The molecule has 25 heavy (non-hydrogen) atoms. The maximum absolute atomic E-state index is 13.0. The minimum Gasteiger partial charge on any atom is -0.508 e. The molecule has 2 nitrogen and oxygen atoms in total. The van der Waals surface area contributed by atoms with E-state index in [2.05, 4.69) is 17.9 Å². The Balaban J connectivity index is 1.54. The van der Waals surface area contributed by atoms with Crippen LogP contribution in [0.25, 0.3) is 9.75 Å². The molecule has 2 aliphatic rings. The molecule has 1 fully saturated rings. The first-order valence-corrected chi connectivity index (χ1v) is 10.0. The molecule has 4 rings (SSSR count).